The highest BCUT2D eigenvalue weighted by Crippen LogP contribution is 2.26. The van der Waals surface area contributed by atoms with Crippen molar-refractivity contribution in [3.05, 3.63) is 29.6 Å². The van der Waals surface area contributed by atoms with Crippen LogP contribution < -0.4 is 10.6 Å². The monoisotopic (exact) mass is 293 g/mol. The van der Waals surface area contributed by atoms with Gasteiger partial charge in [-0.25, -0.2) is 4.39 Å². The zero-order chi connectivity index (χ0) is 15.4. The summed E-state index contributed by atoms with van der Waals surface area (Å²) < 4.78 is 14.1. The number of nitrogens with zero attached hydrogens (tertiary/aromatic N) is 2. The van der Waals surface area contributed by atoms with Gasteiger partial charge in [0.05, 0.1) is 0 Å². The highest BCUT2D eigenvalue weighted by atomic mass is 19.1. The third kappa shape index (κ3) is 3.95. The summed E-state index contributed by atoms with van der Waals surface area (Å²) in [5.74, 6) is -0.130. The summed E-state index contributed by atoms with van der Waals surface area (Å²) in [6.07, 6.45) is 1.77. The van der Waals surface area contributed by atoms with Crippen molar-refractivity contribution in [2.24, 2.45) is 5.73 Å². The maximum absolute atomic E-state index is 14.1. The van der Waals surface area contributed by atoms with Gasteiger partial charge < -0.3 is 10.6 Å². The fraction of sp³-hybridized carbons (Fsp3) is 0.647. The highest BCUT2D eigenvalue weighted by Gasteiger charge is 2.23. The molecule has 1 aliphatic rings. The first-order valence-corrected chi connectivity index (χ1v) is 8.04. The lowest BCUT2D eigenvalue weighted by molar-refractivity contribution is 0.192. The van der Waals surface area contributed by atoms with Crippen molar-refractivity contribution < 1.29 is 4.39 Å². The number of benzene rings is 1. The van der Waals surface area contributed by atoms with Gasteiger partial charge in [-0.15, -0.1) is 0 Å². The molecule has 21 heavy (non-hydrogen) atoms. The van der Waals surface area contributed by atoms with Gasteiger partial charge in [0.25, 0.3) is 0 Å². The van der Waals surface area contributed by atoms with E-state index in [0.717, 1.165) is 37.4 Å². The van der Waals surface area contributed by atoms with Crippen LogP contribution in [0.4, 0.5) is 10.1 Å². The molecule has 0 aromatic heterocycles. The van der Waals surface area contributed by atoms with E-state index in [9.17, 15) is 4.39 Å². The molecule has 0 aliphatic carbocycles. The highest BCUT2D eigenvalue weighted by molar-refractivity contribution is 5.55. The molecule has 4 heteroatoms. The Hall–Kier alpha value is -1.13. The number of rotatable bonds is 5. The summed E-state index contributed by atoms with van der Waals surface area (Å²) in [5, 5.41) is 0. The predicted molar refractivity (Wildman–Crippen MR) is 87.3 cm³/mol. The van der Waals surface area contributed by atoms with Gasteiger partial charge in [0.1, 0.15) is 5.82 Å². The molecule has 0 amide bonds. The topological polar surface area (TPSA) is 32.5 Å². The summed E-state index contributed by atoms with van der Waals surface area (Å²) >= 11 is 0. The number of hydrogen-bond acceptors (Lipinski definition) is 3. The molecule has 1 aliphatic heterocycles. The van der Waals surface area contributed by atoms with Crippen LogP contribution in [0.25, 0.3) is 0 Å². The number of hydrogen-bond donors (Lipinski definition) is 1. The fourth-order valence-electron chi connectivity index (χ4n) is 3.03. The Morgan fingerprint density at radius 2 is 1.86 bits per heavy atom. The molecule has 2 atom stereocenters. The molecule has 1 fully saturated rings. The number of halogens is 1. The third-order valence-electron chi connectivity index (χ3n) is 4.49. The smallest absolute Gasteiger partial charge is 0.128 e. The molecular formula is C17H28FN3. The average molecular weight is 293 g/mol. The van der Waals surface area contributed by atoms with E-state index in [2.05, 4.69) is 23.6 Å². The van der Waals surface area contributed by atoms with Crippen molar-refractivity contribution in [2.45, 2.75) is 45.7 Å². The zero-order valence-corrected chi connectivity index (χ0v) is 13.5. The average Bonchev–Trinajstić information content (AvgIpc) is 2.48. The van der Waals surface area contributed by atoms with Gasteiger partial charge in [-0.2, -0.15) is 0 Å². The van der Waals surface area contributed by atoms with E-state index in [4.69, 9.17) is 5.73 Å². The Balaban J connectivity index is 2.11. The molecule has 2 unspecified atom stereocenters. The van der Waals surface area contributed by atoms with Crippen LogP contribution in [0.2, 0.25) is 0 Å². The molecular weight excluding hydrogens is 265 g/mol. The van der Waals surface area contributed by atoms with E-state index in [0.29, 0.717) is 12.5 Å². The molecule has 3 nitrogen and oxygen atoms in total. The van der Waals surface area contributed by atoms with Crippen LogP contribution >= 0.6 is 0 Å². The number of piperazine rings is 1. The van der Waals surface area contributed by atoms with Gasteiger partial charge in [-0.1, -0.05) is 13.0 Å². The Labute approximate surface area is 127 Å². The number of anilines is 1. The molecule has 0 spiro atoms. The van der Waals surface area contributed by atoms with Crippen molar-refractivity contribution >= 4 is 5.69 Å². The van der Waals surface area contributed by atoms with Crippen molar-refractivity contribution in [3.8, 4) is 0 Å². The van der Waals surface area contributed by atoms with Crippen LogP contribution in [-0.2, 0) is 6.42 Å². The van der Waals surface area contributed by atoms with Crippen LogP contribution in [0, 0.1) is 5.82 Å². The summed E-state index contributed by atoms with van der Waals surface area (Å²) in [6, 6.07) is 5.97. The first-order chi connectivity index (χ1) is 10.0. The maximum atomic E-state index is 14.1. The van der Waals surface area contributed by atoms with E-state index >= 15 is 0 Å². The maximum Gasteiger partial charge on any atom is 0.128 e. The Kier molecular flexibility index (Phi) is 5.59. The SMILES string of the molecule is CCC(C)N1CCN(c2cccc(F)c2CC(C)N)CC1. The quantitative estimate of drug-likeness (QED) is 0.906. The molecule has 0 bridgehead atoms. The first kappa shape index (κ1) is 16.2. The molecule has 1 aromatic rings. The van der Waals surface area contributed by atoms with E-state index in [-0.39, 0.29) is 11.9 Å². The van der Waals surface area contributed by atoms with Crippen LogP contribution in [0.3, 0.4) is 0 Å². The summed E-state index contributed by atoms with van der Waals surface area (Å²) in [4.78, 5) is 4.82. The van der Waals surface area contributed by atoms with Crippen LogP contribution in [0.15, 0.2) is 18.2 Å². The zero-order valence-electron chi connectivity index (χ0n) is 13.5. The molecule has 1 heterocycles. The van der Waals surface area contributed by atoms with Crippen LogP contribution in [0.1, 0.15) is 32.8 Å². The Bertz CT molecular complexity index is 453. The van der Waals surface area contributed by atoms with E-state index in [1.54, 1.807) is 6.07 Å². The lowest BCUT2D eigenvalue weighted by Gasteiger charge is -2.39. The van der Waals surface area contributed by atoms with Gasteiger partial charge in [0.15, 0.2) is 0 Å². The minimum absolute atomic E-state index is 0.0259. The van der Waals surface area contributed by atoms with E-state index in [1.165, 1.54) is 12.5 Å². The second-order valence-electron chi connectivity index (χ2n) is 6.20. The summed E-state index contributed by atoms with van der Waals surface area (Å²) in [7, 11) is 0. The second-order valence-corrected chi connectivity index (χ2v) is 6.20. The summed E-state index contributed by atoms with van der Waals surface area (Å²) in [5.41, 5.74) is 7.67. The molecule has 1 aromatic carbocycles. The van der Waals surface area contributed by atoms with Crippen molar-refractivity contribution in [2.75, 3.05) is 31.1 Å². The van der Waals surface area contributed by atoms with Gasteiger partial charge in [0, 0.05) is 49.5 Å². The summed E-state index contributed by atoms with van der Waals surface area (Å²) in [6.45, 7) is 10.4. The Morgan fingerprint density at radius 1 is 1.19 bits per heavy atom. The molecule has 118 valence electrons. The van der Waals surface area contributed by atoms with Gasteiger partial charge in [-0.05, 0) is 38.8 Å². The molecule has 0 saturated carbocycles. The van der Waals surface area contributed by atoms with Crippen LogP contribution in [0.5, 0.6) is 0 Å². The molecule has 2 rings (SSSR count). The Morgan fingerprint density at radius 3 is 2.43 bits per heavy atom. The predicted octanol–water partition coefficient (Wildman–Crippen LogP) is 2.64. The van der Waals surface area contributed by atoms with Crippen LogP contribution in [-0.4, -0.2) is 43.2 Å². The second kappa shape index (κ2) is 7.23. The largest absolute Gasteiger partial charge is 0.369 e. The first-order valence-electron chi connectivity index (χ1n) is 8.04. The normalized spacial score (nSPS) is 19.6. The van der Waals surface area contributed by atoms with Crippen molar-refractivity contribution in [3.63, 3.8) is 0 Å². The molecule has 1 saturated heterocycles. The third-order valence-corrected chi connectivity index (χ3v) is 4.49. The lowest BCUT2D eigenvalue weighted by atomic mass is 10.0. The molecule has 0 radical (unpaired) electrons. The molecule has 2 N–H and O–H groups in total. The lowest BCUT2D eigenvalue weighted by Crippen LogP contribution is -2.49. The van der Waals surface area contributed by atoms with Gasteiger partial charge in [0.2, 0.25) is 0 Å². The van der Waals surface area contributed by atoms with Gasteiger partial charge >= 0.3 is 0 Å². The fourth-order valence-corrected chi connectivity index (χ4v) is 3.03. The van der Waals surface area contributed by atoms with Gasteiger partial charge in [-0.3, -0.25) is 4.90 Å². The van der Waals surface area contributed by atoms with Crippen molar-refractivity contribution in [1.82, 2.24) is 4.90 Å². The minimum atomic E-state index is -0.130. The van der Waals surface area contributed by atoms with Crippen molar-refractivity contribution in [1.29, 1.82) is 0 Å². The van der Waals surface area contributed by atoms with E-state index in [1.807, 2.05) is 13.0 Å². The number of nitrogens with two attached hydrogens (primary N) is 1. The standard InChI is InChI=1S/C17H28FN3/c1-4-14(3)20-8-10-21(11-9-20)17-7-5-6-16(18)15(17)12-13(2)19/h5-7,13-14H,4,8-12,19H2,1-3H3. The van der Waals surface area contributed by atoms with E-state index < -0.39 is 0 Å². The minimum Gasteiger partial charge on any atom is -0.369 e.